The molecular weight excluding hydrogens is 366 g/mol. The van der Waals surface area contributed by atoms with Crippen molar-refractivity contribution in [1.29, 1.82) is 0 Å². The van der Waals surface area contributed by atoms with Crippen LogP contribution in [0.2, 0.25) is 0 Å². The number of pyridine rings is 1. The van der Waals surface area contributed by atoms with E-state index in [-0.39, 0.29) is 11.9 Å². The third-order valence-electron chi connectivity index (χ3n) is 4.89. The van der Waals surface area contributed by atoms with Gasteiger partial charge in [-0.2, -0.15) is 0 Å². The van der Waals surface area contributed by atoms with E-state index in [1.807, 2.05) is 36.4 Å². The van der Waals surface area contributed by atoms with E-state index in [1.54, 1.807) is 31.0 Å². The zero-order chi connectivity index (χ0) is 19.9. The number of nitrogens with one attached hydrogen (secondary N) is 1. The van der Waals surface area contributed by atoms with Gasteiger partial charge < -0.3 is 10.1 Å². The van der Waals surface area contributed by atoms with Crippen LogP contribution in [-0.2, 0) is 11.3 Å². The second-order valence-electron chi connectivity index (χ2n) is 6.98. The van der Waals surface area contributed by atoms with Crippen molar-refractivity contribution in [1.82, 2.24) is 19.9 Å². The van der Waals surface area contributed by atoms with Crippen LogP contribution in [0, 0.1) is 0 Å². The van der Waals surface area contributed by atoms with Crippen LogP contribution >= 0.6 is 0 Å². The van der Waals surface area contributed by atoms with Crippen molar-refractivity contribution in [3.8, 4) is 11.5 Å². The molecule has 7 nitrogen and oxygen atoms in total. The van der Waals surface area contributed by atoms with Gasteiger partial charge in [0, 0.05) is 37.0 Å². The van der Waals surface area contributed by atoms with Gasteiger partial charge >= 0.3 is 0 Å². The first-order chi connectivity index (χ1) is 14.3. The molecule has 1 amide bonds. The Hall–Kier alpha value is -3.32. The van der Waals surface area contributed by atoms with Crippen LogP contribution in [0.25, 0.3) is 0 Å². The summed E-state index contributed by atoms with van der Waals surface area (Å²) in [7, 11) is 0. The minimum Gasteiger partial charge on any atom is -0.456 e. The van der Waals surface area contributed by atoms with Crippen LogP contribution in [0.4, 0.5) is 5.69 Å². The van der Waals surface area contributed by atoms with Crippen molar-refractivity contribution in [3.63, 3.8) is 0 Å². The summed E-state index contributed by atoms with van der Waals surface area (Å²) >= 11 is 0. The zero-order valence-electron chi connectivity index (χ0n) is 16.1. The molecule has 29 heavy (non-hydrogen) atoms. The van der Waals surface area contributed by atoms with Gasteiger partial charge in [0.25, 0.3) is 0 Å². The predicted molar refractivity (Wildman–Crippen MR) is 109 cm³/mol. The van der Waals surface area contributed by atoms with E-state index < -0.39 is 0 Å². The maximum atomic E-state index is 12.9. The molecule has 0 bridgehead atoms. The number of carbonyl (C=O) groups is 1. The SMILES string of the molecule is O=C(Nc1ccc(Oc2cccnc2)cc1)[C@H]1CCCCN1Cc1cnccn1. The molecule has 1 fully saturated rings. The molecule has 1 atom stereocenters. The number of piperidine rings is 1. The Morgan fingerprint density at radius 2 is 1.90 bits per heavy atom. The summed E-state index contributed by atoms with van der Waals surface area (Å²) in [6.45, 7) is 1.51. The van der Waals surface area contributed by atoms with E-state index in [9.17, 15) is 4.79 Å². The highest BCUT2D eigenvalue weighted by molar-refractivity contribution is 5.94. The average Bonchev–Trinajstić information content (AvgIpc) is 2.77. The van der Waals surface area contributed by atoms with Gasteiger partial charge in [0.1, 0.15) is 11.5 Å². The number of anilines is 1. The van der Waals surface area contributed by atoms with Crippen molar-refractivity contribution in [2.24, 2.45) is 0 Å². The molecule has 2 aromatic heterocycles. The van der Waals surface area contributed by atoms with Gasteiger partial charge in [-0.1, -0.05) is 6.42 Å². The Labute approximate surface area is 169 Å². The number of carbonyl (C=O) groups excluding carboxylic acids is 1. The van der Waals surface area contributed by atoms with Gasteiger partial charge in [0.15, 0.2) is 0 Å². The second kappa shape index (κ2) is 9.25. The smallest absolute Gasteiger partial charge is 0.241 e. The molecular formula is C22H23N5O2. The number of amides is 1. The quantitative estimate of drug-likeness (QED) is 0.693. The topological polar surface area (TPSA) is 80.2 Å². The van der Waals surface area contributed by atoms with Gasteiger partial charge in [0.2, 0.25) is 5.91 Å². The molecule has 0 spiro atoms. The number of ether oxygens (including phenoxy) is 1. The minimum atomic E-state index is -0.169. The maximum Gasteiger partial charge on any atom is 0.241 e. The summed E-state index contributed by atoms with van der Waals surface area (Å²) in [5.74, 6) is 1.37. The maximum absolute atomic E-state index is 12.9. The lowest BCUT2D eigenvalue weighted by Gasteiger charge is -2.34. The summed E-state index contributed by atoms with van der Waals surface area (Å²) < 4.78 is 5.74. The summed E-state index contributed by atoms with van der Waals surface area (Å²) in [6.07, 6.45) is 11.4. The number of hydrogen-bond donors (Lipinski definition) is 1. The van der Waals surface area contributed by atoms with Gasteiger partial charge in [-0.15, -0.1) is 0 Å². The average molecular weight is 389 g/mol. The molecule has 3 heterocycles. The molecule has 148 valence electrons. The van der Waals surface area contributed by atoms with Crippen LogP contribution in [0.1, 0.15) is 25.0 Å². The first kappa shape index (κ1) is 19.0. The molecule has 4 rings (SSSR count). The fourth-order valence-corrected chi connectivity index (χ4v) is 3.47. The molecule has 7 heteroatoms. The van der Waals surface area contributed by atoms with E-state index in [0.717, 1.165) is 37.2 Å². The summed E-state index contributed by atoms with van der Waals surface area (Å²) in [6, 6.07) is 10.9. The number of benzene rings is 1. The predicted octanol–water partition coefficient (Wildman–Crippen LogP) is 3.66. The van der Waals surface area contributed by atoms with Crippen molar-refractivity contribution in [3.05, 3.63) is 73.1 Å². The lowest BCUT2D eigenvalue weighted by atomic mass is 10.0. The minimum absolute atomic E-state index is 0.00881. The van der Waals surface area contributed by atoms with Crippen LogP contribution in [0.15, 0.2) is 67.4 Å². The van der Waals surface area contributed by atoms with Crippen molar-refractivity contribution in [2.75, 3.05) is 11.9 Å². The monoisotopic (exact) mass is 389 g/mol. The first-order valence-electron chi connectivity index (χ1n) is 9.76. The van der Waals surface area contributed by atoms with Crippen molar-refractivity contribution in [2.45, 2.75) is 31.8 Å². The van der Waals surface area contributed by atoms with E-state index in [1.165, 1.54) is 0 Å². The summed E-state index contributed by atoms with van der Waals surface area (Å²) in [5, 5.41) is 3.03. The largest absolute Gasteiger partial charge is 0.456 e. The highest BCUT2D eigenvalue weighted by Crippen LogP contribution is 2.24. The van der Waals surface area contributed by atoms with Crippen LogP contribution in [0.5, 0.6) is 11.5 Å². The van der Waals surface area contributed by atoms with Crippen LogP contribution < -0.4 is 10.1 Å². The van der Waals surface area contributed by atoms with Crippen molar-refractivity contribution < 1.29 is 9.53 Å². The fourth-order valence-electron chi connectivity index (χ4n) is 3.47. The number of aromatic nitrogens is 3. The molecule has 1 saturated heterocycles. The molecule has 1 N–H and O–H groups in total. The zero-order valence-corrected chi connectivity index (χ0v) is 16.1. The normalized spacial score (nSPS) is 16.9. The Balaban J connectivity index is 1.38. The molecule has 3 aromatic rings. The van der Waals surface area contributed by atoms with E-state index >= 15 is 0 Å². The standard InChI is InChI=1S/C22H23N5O2/c28-22(21-5-1-2-13-27(21)16-18-14-24-11-12-25-18)26-17-6-8-19(9-7-17)29-20-4-3-10-23-15-20/h3-4,6-12,14-15,21H,1-2,5,13,16H2,(H,26,28)/t21-/m1/s1. The third kappa shape index (κ3) is 5.14. The fraction of sp³-hybridized carbons (Fsp3) is 0.273. The highest BCUT2D eigenvalue weighted by Gasteiger charge is 2.29. The lowest BCUT2D eigenvalue weighted by Crippen LogP contribution is -2.46. The van der Waals surface area contributed by atoms with E-state index in [0.29, 0.717) is 18.0 Å². The van der Waals surface area contributed by atoms with Crippen molar-refractivity contribution >= 4 is 11.6 Å². The van der Waals surface area contributed by atoms with Crippen LogP contribution in [-0.4, -0.2) is 38.3 Å². The highest BCUT2D eigenvalue weighted by atomic mass is 16.5. The van der Waals surface area contributed by atoms with Gasteiger partial charge in [-0.05, 0) is 55.8 Å². The lowest BCUT2D eigenvalue weighted by molar-refractivity contribution is -0.122. The Kier molecular flexibility index (Phi) is 6.07. The third-order valence-corrected chi connectivity index (χ3v) is 4.89. The Bertz CT molecular complexity index is 919. The molecule has 0 radical (unpaired) electrons. The summed E-state index contributed by atoms with van der Waals surface area (Å²) in [5.41, 5.74) is 1.63. The van der Waals surface area contributed by atoms with Crippen LogP contribution in [0.3, 0.4) is 0 Å². The molecule has 0 unspecified atom stereocenters. The molecule has 0 saturated carbocycles. The molecule has 0 aliphatic carbocycles. The Morgan fingerprint density at radius 3 is 2.66 bits per heavy atom. The van der Waals surface area contributed by atoms with Gasteiger partial charge in [0.05, 0.1) is 17.9 Å². The number of likely N-dealkylation sites (tertiary alicyclic amines) is 1. The Morgan fingerprint density at radius 1 is 1.03 bits per heavy atom. The number of rotatable bonds is 6. The molecule has 1 aliphatic heterocycles. The molecule has 1 aromatic carbocycles. The molecule has 1 aliphatic rings. The summed E-state index contributed by atoms with van der Waals surface area (Å²) in [4.78, 5) is 27.6. The van der Waals surface area contributed by atoms with Gasteiger partial charge in [-0.3, -0.25) is 24.6 Å². The van der Waals surface area contributed by atoms with Gasteiger partial charge in [-0.25, -0.2) is 0 Å². The van der Waals surface area contributed by atoms with E-state index in [2.05, 4.69) is 25.2 Å². The second-order valence-corrected chi connectivity index (χ2v) is 6.98. The number of hydrogen-bond acceptors (Lipinski definition) is 6. The number of nitrogens with zero attached hydrogens (tertiary/aromatic N) is 4. The first-order valence-corrected chi connectivity index (χ1v) is 9.76. The van der Waals surface area contributed by atoms with E-state index in [4.69, 9.17) is 4.74 Å².